The molecule has 0 saturated carbocycles. The Balaban J connectivity index is 2.30. The van der Waals surface area contributed by atoms with E-state index in [0.29, 0.717) is 13.1 Å². The Morgan fingerprint density at radius 3 is 3.00 bits per heavy atom. The largest absolute Gasteiger partial charge is 0.480 e. The highest BCUT2D eigenvalue weighted by molar-refractivity contribution is 5.73. The molecule has 5 heteroatoms. The van der Waals surface area contributed by atoms with Gasteiger partial charge in [0.25, 0.3) is 0 Å². The van der Waals surface area contributed by atoms with Crippen LogP contribution in [0, 0.1) is 0 Å². The summed E-state index contributed by atoms with van der Waals surface area (Å²) in [6.07, 6.45) is 3.46. The second-order valence-corrected chi connectivity index (χ2v) is 3.17. The normalized spacial score (nSPS) is 12.3. The Morgan fingerprint density at radius 1 is 1.67 bits per heavy atom. The van der Waals surface area contributed by atoms with Crippen LogP contribution in [0.25, 0.3) is 0 Å². The molecule has 1 unspecified atom stereocenters. The van der Waals surface area contributed by atoms with E-state index < -0.39 is 12.0 Å². The molecule has 0 bridgehead atoms. The first kappa shape index (κ1) is 11.6. The molecular weight excluding hydrogens is 194 g/mol. The van der Waals surface area contributed by atoms with Crippen molar-refractivity contribution in [2.75, 3.05) is 13.6 Å². The fraction of sp³-hybridized carbons (Fsp3) is 0.400. The van der Waals surface area contributed by atoms with Gasteiger partial charge in [0.2, 0.25) is 0 Å². The van der Waals surface area contributed by atoms with Gasteiger partial charge in [0, 0.05) is 25.5 Å². The van der Waals surface area contributed by atoms with Gasteiger partial charge in [-0.15, -0.1) is 0 Å². The van der Waals surface area contributed by atoms with Gasteiger partial charge in [-0.3, -0.25) is 9.78 Å². The standard InChI is InChI=1S/C10H15N3O2/c1-11-9(10(14)15)7-13-6-8-3-2-4-12-5-8/h2-5,9,11,13H,6-7H2,1H3,(H,14,15). The third-order valence-corrected chi connectivity index (χ3v) is 2.05. The summed E-state index contributed by atoms with van der Waals surface area (Å²) in [5, 5.41) is 14.5. The van der Waals surface area contributed by atoms with E-state index in [0.717, 1.165) is 5.56 Å². The molecule has 0 aromatic carbocycles. The number of aromatic nitrogens is 1. The van der Waals surface area contributed by atoms with Crippen LogP contribution < -0.4 is 10.6 Å². The van der Waals surface area contributed by atoms with E-state index >= 15 is 0 Å². The van der Waals surface area contributed by atoms with Crippen molar-refractivity contribution in [1.82, 2.24) is 15.6 Å². The third kappa shape index (κ3) is 4.05. The van der Waals surface area contributed by atoms with Gasteiger partial charge in [-0.1, -0.05) is 6.07 Å². The Labute approximate surface area is 88.5 Å². The van der Waals surface area contributed by atoms with E-state index in [1.54, 1.807) is 19.4 Å². The molecule has 0 aliphatic rings. The quantitative estimate of drug-likeness (QED) is 0.607. The molecule has 1 aromatic rings. The Kier molecular flexibility index (Phi) is 4.73. The van der Waals surface area contributed by atoms with Gasteiger partial charge in [-0.2, -0.15) is 0 Å². The monoisotopic (exact) mass is 209 g/mol. The molecule has 1 aromatic heterocycles. The number of carbonyl (C=O) groups is 1. The van der Waals surface area contributed by atoms with E-state index in [9.17, 15) is 4.79 Å². The number of carboxylic acids is 1. The fourth-order valence-corrected chi connectivity index (χ4v) is 1.18. The number of nitrogens with zero attached hydrogens (tertiary/aromatic N) is 1. The van der Waals surface area contributed by atoms with Gasteiger partial charge in [0.15, 0.2) is 0 Å². The Morgan fingerprint density at radius 2 is 2.47 bits per heavy atom. The van der Waals surface area contributed by atoms with Gasteiger partial charge in [0.05, 0.1) is 0 Å². The zero-order valence-corrected chi connectivity index (χ0v) is 8.60. The summed E-state index contributed by atoms with van der Waals surface area (Å²) in [5.41, 5.74) is 1.04. The van der Waals surface area contributed by atoms with E-state index in [1.165, 1.54) is 0 Å². The molecule has 0 amide bonds. The van der Waals surface area contributed by atoms with Gasteiger partial charge >= 0.3 is 5.97 Å². The average Bonchev–Trinajstić information content (AvgIpc) is 2.25. The van der Waals surface area contributed by atoms with Crippen LogP contribution >= 0.6 is 0 Å². The number of rotatable bonds is 6. The van der Waals surface area contributed by atoms with Crippen LogP contribution in [0.15, 0.2) is 24.5 Å². The topological polar surface area (TPSA) is 74.2 Å². The zero-order chi connectivity index (χ0) is 11.1. The number of hydrogen-bond donors (Lipinski definition) is 3. The van der Waals surface area contributed by atoms with Crippen LogP contribution in [0.2, 0.25) is 0 Å². The van der Waals surface area contributed by atoms with Gasteiger partial charge in [-0.05, 0) is 18.7 Å². The average molecular weight is 209 g/mol. The minimum atomic E-state index is -0.851. The minimum Gasteiger partial charge on any atom is -0.480 e. The summed E-state index contributed by atoms with van der Waals surface area (Å²) >= 11 is 0. The first-order chi connectivity index (χ1) is 7.24. The molecule has 3 N–H and O–H groups in total. The van der Waals surface area contributed by atoms with Crippen molar-refractivity contribution in [2.45, 2.75) is 12.6 Å². The Bertz CT molecular complexity index is 303. The predicted octanol–water partition coefficient (Wildman–Crippen LogP) is -0.156. The summed E-state index contributed by atoms with van der Waals surface area (Å²) in [4.78, 5) is 14.6. The minimum absolute atomic E-state index is 0.390. The lowest BCUT2D eigenvalue weighted by molar-refractivity contribution is -0.139. The van der Waals surface area contributed by atoms with E-state index in [1.807, 2.05) is 12.1 Å². The summed E-state index contributed by atoms with van der Waals surface area (Å²) in [5.74, 6) is -0.851. The second-order valence-electron chi connectivity index (χ2n) is 3.17. The van der Waals surface area contributed by atoms with Crippen molar-refractivity contribution in [3.63, 3.8) is 0 Å². The molecule has 5 nitrogen and oxygen atoms in total. The van der Waals surface area contributed by atoms with E-state index in [2.05, 4.69) is 15.6 Å². The summed E-state index contributed by atoms with van der Waals surface area (Å²) in [6, 6.07) is 3.24. The van der Waals surface area contributed by atoms with Crippen molar-refractivity contribution >= 4 is 5.97 Å². The number of likely N-dealkylation sites (N-methyl/N-ethyl adjacent to an activating group) is 1. The van der Waals surface area contributed by atoms with Crippen LogP contribution in [0.5, 0.6) is 0 Å². The third-order valence-electron chi connectivity index (χ3n) is 2.05. The lowest BCUT2D eigenvalue weighted by atomic mass is 10.2. The Hall–Kier alpha value is -1.46. The van der Waals surface area contributed by atoms with Crippen molar-refractivity contribution in [1.29, 1.82) is 0 Å². The molecule has 82 valence electrons. The smallest absolute Gasteiger partial charge is 0.322 e. The number of aliphatic carboxylic acids is 1. The molecule has 0 saturated heterocycles. The zero-order valence-electron chi connectivity index (χ0n) is 8.60. The number of carboxylic acid groups (broad SMARTS) is 1. The second kappa shape index (κ2) is 6.10. The van der Waals surface area contributed by atoms with Crippen molar-refractivity contribution in [3.05, 3.63) is 30.1 Å². The van der Waals surface area contributed by atoms with Crippen molar-refractivity contribution in [3.8, 4) is 0 Å². The summed E-state index contributed by atoms with van der Waals surface area (Å²) in [6.45, 7) is 1.01. The maximum atomic E-state index is 10.7. The molecule has 0 spiro atoms. The fourth-order valence-electron chi connectivity index (χ4n) is 1.18. The van der Waals surface area contributed by atoms with Crippen LogP contribution in [0.4, 0.5) is 0 Å². The number of nitrogens with one attached hydrogen (secondary N) is 2. The van der Waals surface area contributed by atoms with Crippen molar-refractivity contribution < 1.29 is 9.90 Å². The molecule has 1 heterocycles. The van der Waals surface area contributed by atoms with Crippen LogP contribution in [0.3, 0.4) is 0 Å². The van der Waals surface area contributed by atoms with E-state index in [4.69, 9.17) is 5.11 Å². The first-order valence-electron chi connectivity index (χ1n) is 4.73. The molecule has 0 aliphatic heterocycles. The van der Waals surface area contributed by atoms with Gasteiger partial charge < -0.3 is 15.7 Å². The predicted molar refractivity (Wildman–Crippen MR) is 56.4 cm³/mol. The lowest BCUT2D eigenvalue weighted by Crippen LogP contribution is -2.42. The van der Waals surface area contributed by atoms with Crippen LogP contribution in [-0.2, 0) is 11.3 Å². The maximum absolute atomic E-state index is 10.7. The summed E-state index contributed by atoms with van der Waals surface area (Å²) < 4.78 is 0. The highest BCUT2D eigenvalue weighted by atomic mass is 16.4. The molecule has 15 heavy (non-hydrogen) atoms. The summed E-state index contributed by atoms with van der Waals surface area (Å²) in [7, 11) is 1.63. The lowest BCUT2D eigenvalue weighted by Gasteiger charge is -2.11. The van der Waals surface area contributed by atoms with Gasteiger partial charge in [0.1, 0.15) is 6.04 Å². The molecule has 1 rings (SSSR count). The highest BCUT2D eigenvalue weighted by Gasteiger charge is 2.13. The molecule has 0 fully saturated rings. The number of pyridine rings is 1. The van der Waals surface area contributed by atoms with E-state index in [-0.39, 0.29) is 0 Å². The molecular formula is C10H15N3O2. The molecule has 0 radical (unpaired) electrons. The molecule has 0 aliphatic carbocycles. The van der Waals surface area contributed by atoms with Crippen LogP contribution in [0.1, 0.15) is 5.56 Å². The van der Waals surface area contributed by atoms with Gasteiger partial charge in [-0.25, -0.2) is 0 Å². The molecule has 1 atom stereocenters. The maximum Gasteiger partial charge on any atom is 0.322 e. The van der Waals surface area contributed by atoms with Crippen molar-refractivity contribution in [2.24, 2.45) is 0 Å². The number of hydrogen-bond acceptors (Lipinski definition) is 4. The SMILES string of the molecule is CNC(CNCc1cccnc1)C(=O)O. The first-order valence-corrected chi connectivity index (χ1v) is 4.73. The van der Waals surface area contributed by atoms with Crippen LogP contribution in [-0.4, -0.2) is 35.7 Å². The highest BCUT2D eigenvalue weighted by Crippen LogP contribution is 1.94.